The van der Waals surface area contributed by atoms with E-state index in [0.29, 0.717) is 12.5 Å². The van der Waals surface area contributed by atoms with Gasteiger partial charge < -0.3 is 14.8 Å². The van der Waals surface area contributed by atoms with Gasteiger partial charge in [-0.25, -0.2) is 9.97 Å². The average Bonchev–Trinajstić information content (AvgIpc) is 2.53. The van der Waals surface area contributed by atoms with Gasteiger partial charge in [-0.1, -0.05) is 12.1 Å². The van der Waals surface area contributed by atoms with E-state index in [4.69, 9.17) is 9.47 Å². The lowest BCUT2D eigenvalue weighted by atomic mass is 9.93. The molecule has 1 atom stereocenters. The van der Waals surface area contributed by atoms with Crippen LogP contribution in [0.15, 0.2) is 24.3 Å². The quantitative estimate of drug-likeness (QED) is 0.940. The maximum absolute atomic E-state index is 5.92. The summed E-state index contributed by atoms with van der Waals surface area (Å²) >= 11 is 0. The molecule has 1 aromatic carbocycles. The molecule has 22 heavy (non-hydrogen) atoms. The SMILES string of the molecule is CNc1cc(C)nc(C[C@H]2COc3c(cccc3OC)C2)n1. The molecule has 0 radical (unpaired) electrons. The zero-order chi connectivity index (χ0) is 15.5. The highest BCUT2D eigenvalue weighted by Crippen LogP contribution is 2.36. The molecule has 116 valence electrons. The van der Waals surface area contributed by atoms with Gasteiger partial charge in [-0.15, -0.1) is 0 Å². The zero-order valence-corrected chi connectivity index (χ0v) is 13.2. The molecule has 3 rings (SSSR count). The van der Waals surface area contributed by atoms with Crippen LogP contribution in [0.5, 0.6) is 11.5 Å². The average molecular weight is 299 g/mol. The molecule has 1 aromatic heterocycles. The summed E-state index contributed by atoms with van der Waals surface area (Å²) < 4.78 is 11.3. The molecular formula is C17H21N3O2. The molecule has 0 fully saturated rings. The van der Waals surface area contributed by atoms with E-state index in [1.807, 2.05) is 32.2 Å². The first-order valence-corrected chi connectivity index (χ1v) is 7.50. The van der Waals surface area contributed by atoms with E-state index in [2.05, 4.69) is 21.4 Å². The van der Waals surface area contributed by atoms with Crippen molar-refractivity contribution in [1.29, 1.82) is 0 Å². The molecule has 5 nitrogen and oxygen atoms in total. The van der Waals surface area contributed by atoms with Gasteiger partial charge in [0.25, 0.3) is 0 Å². The fraction of sp³-hybridized carbons (Fsp3) is 0.412. The van der Waals surface area contributed by atoms with Crippen molar-refractivity contribution in [3.63, 3.8) is 0 Å². The summed E-state index contributed by atoms with van der Waals surface area (Å²) in [4.78, 5) is 9.07. The number of hydrogen-bond acceptors (Lipinski definition) is 5. The minimum Gasteiger partial charge on any atom is -0.493 e. The van der Waals surface area contributed by atoms with Gasteiger partial charge in [0.2, 0.25) is 0 Å². The van der Waals surface area contributed by atoms with Crippen molar-refractivity contribution in [2.75, 3.05) is 26.1 Å². The summed E-state index contributed by atoms with van der Waals surface area (Å²) in [5.74, 6) is 3.79. The lowest BCUT2D eigenvalue weighted by molar-refractivity contribution is 0.209. The topological polar surface area (TPSA) is 56.3 Å². The van der Waals surface area contributed by atoms with Crippen molar-refractivity contribution in [2.45, 2.75) is 19.8 Å². The number of rotatable bonds is 4. The number of ether oxygens (including phenoxy) is 2. The predicted octanol–water partition coefficient (Wildman–Crippen LogP) is 2.63. The highest BCUT2D eigenvalue weighted by atomic mass is 16.5. The van der Waals surface area contributed by atoms with E-state index in [0.717, 1.165) is 41.7 Å². The fourth-order valence-corrected chi connectivity index (χ4v) is 2.86. The van der Waals surface area contributed by atoms with Crippen molar-refractivity contribution in [3.8, 4) is 11.5 Å². The van der Waals surface area contributed by atoms with Crippen LogP contribution in [0.25, 0.3) is 0 Å². The molecule has 0 saturated carbocycles. The summed E-state index contributed by atoms with van der Waals surface area (Å²) in [7, 11) is 3.54. The minimum atomic E-state index is 0.381. The number of benzene rings is 1. The maximum atomic E-state index is 5.92. The van der Waals surface area contributed by atoms with Gasteiger partial charge in [-0.05, 0) is 25.0 Å². The van der Waals surface area contributed by atoms with Crippen LogP contribution in [0.1, 0.15) is 17.1 Å². The summed E-state index contributed by atoms with van der Waals surface area (Å²) in [5.41, 5.74) is 2.17. The third-order valence-corrected chi connectivity index (χ3v) is 3.88. The second kappa shape index (κ2) is 6.22. The van der Waals surface area contributed by atoms with Gasteiger partial charge >= 0.3 is 0 Å². The molecule has 5 heteroatoms. The van der Waals surface area contributed by atoms with Crippen LogP contribution in [-0.2, 0) is 12.8 Å². The Bertz CT molecular complexity index is 673. The van der Waals surface area contributed by atoms with Gasteiger partial charge in [0.15, 0.2) is 11.5 Å². The molecular weight excluding hydrogens is 278 g/mol. The number of nitrogens with zero attached hydrogens (tertiary/aromatic N) is 2. The van der Waals surface area contributed by atoms with Crippen LogP contribution >= 0.6 is 0 Å². The number of nitrogens with one attached hydrogen (secondary N) is 1. The fourth-order valence-electron chi connectivity index (χ4n) is 2.86. The summed E-state index contributed by atoms with van der Waals surface area (Å²) in [6.07, 6.45) is 1.77. The Balaban J connectivity index is 1.77. The highest BCUT2D eigenvalue weighted by Gasteiger charge is 2.23. The van der Waals surface area contributed by atoms with Gasteiger partial charge in [0, 0.05) is 31.1 Å². The van der Waals surface area contributed by atoms with Crippen molar-refractivity contribution < 1.29 is 9.47 Å². The van der Waals surface area contributed by atoms with E-state index in [1.165, 1.54) is 5.56 Å². The molecule has 2 heterocycles. The Labute approximate surface area is 130 Å². The standard InChI is InChI=1S/C17H21N3O2/c1-11-7-15(18-2)20-16(19-11)9-12-8-13-5-4-6-14(21-3)17(13)22-10-12/h4-7,12H,8-10H2,1-3H3,(H,18,19,20)/t12-/m0/s1. The van der Waals surface area contributed by atoms with E-state index < -0.39 is 0 Å². The molecule has 0 bridgehead atoms. The zero-order valence-electron chi connectivity index (χ0n) is 13.2. The number of aryl methyl sites for hydroxylation is 1. The molecule has 0 saturated heterocycles. The van der Waals surface area contributed by atoms with Crippen LogP contribution in [0.2, 0.25) is 0 Å². The number of anilines is 1. The maximum Gasteiger partial charge on any atom is 0.164 e. The first kappa shape index (κ1) is 14.6. The number of hydrogen-bond donors (Lipinski definition) is 1. The third-order valence-electron chi connectivity index (χ3n) is 3.88. The van der Waals surface area contributed by atoms with Gasteiger partial charge in [0.1, 0.15) is 11.6 Å². The molecule has 0 amide bonds. The van der Waals surface area contributed by atoms with Crippen LogP contribution in [-0.4, -0.2) is 30.7 Å². The van der Waals surface area contributed by atoms with Crippen LogP contribution in [0, 0.1) is 12.8 Å². The van der Waals surface area contributed by atoms with Crippen LogP contribution in [0.4, 0.5) is 5.82 Å². The summed E-state index contributed by atoms with van der Waals surface area (Å²) in [5, 5.41) is 3.08. The van der Waals surface area contributed by atoms with Gasteiger partial charge in [-0.2, -0.15) is 0 Å². The smallest absolute Gasteiger partial charge is 0.164 e. The second-order valence-corrected chi connectivity index (χ2v) is 5.59. The second-order valence-electron chi connectivity index (χ2n) is 5.59. The first-order valence-electron chi connectivity index (χ1n) is 7.50. The molecule has 2 aromatic rings. The first-order chi connectivity index (χ1) is 10.7. The number of para-hydroxylation sites is 1. The predicted molar refractivity (Wildman–Crippen MR) is 85.7 cm³/mol. The van der Waals surface area contributed by atoms with Crippen molar-refractivity contribution in [3.05, 3.63) is 41.3 Å². The monoisotopic (exact) mass is 299 g/mol. The molecule has 1 N–H and O–H groups in total. The largest absolute Gasteiger partial charge is 0.493 e. The highest BCUT2D eigenvalue weighted by molar-refractivity contribution is 5.47. The van der Waals surface area contributed by atoms with Crippen LogP contribution < -0.4 is 14.8 Å². The molecule has 0 unspecified atom stereocenters. The van der Waals surface area contributed by atoms with Crippen molar-refractivity contribution in [1.82, 2.24) is 9.97 Å². The number of aromatic nitrogens is 2. The number of methoxy groups -OCH3 is 1. The third kappa shape index (κ3) is 2.98. The Hall–Kier alpha value is -2.30. The van der Waals surface area contributed by atoms with E-state index in [9.17, 15) is 0 Å². The summed E-state index contributed by atoms with van der Waals surface area (Å²) in [6, 6.07) is 7.98. The van der Waals surface area contributed by atoms with Crippen molar-refractivity contribution >= 4 is 5.82 Å². The van der Waals surface area contributed by atoms with Crippen molar-refractivity contribution in [2.24, 2.45) is 5.92 Å². The van der Waals surface area contributed by atoms with Gasteiger partial charge in [-0.3, -0.25) is 0 Å². The lowest BCUT2D eigenvalue weighted by Crippen LogP contribution is -2.24. The lowest BCUT2D eigenvalue weighted by Gasteiger charge is -2.26. The van der Waals surface area contributed by atoms with Gasteiger partial charge in [0.05, 0.1) is 13.7 Å². The van der Waals surface area contributed by atoms with E-state index in [-0.39, 0.29) is 0 Å². The number of fused-ring (bicyclic) bond motifs is 1. The van der Waals surface area contributed by atoms with Crippen LogP contribution in [0.3, 0.4) is 0 Å². The Morgan fingerprint density at radius 1 is 1.36 bits per heavy atom. The normalized spacial score (nSPS) is 16.6. The minimum absolute atomic E-state index is 0.381. The molecule has 0 aliphatic carbocycles. The molecule has 1 aliphatic rings. The Morgan fingerprint density at radius 3 is 3.00 bits per heavy atom. The summed E-state index contributed by atoms with van der Waals surface area (Å²) in [6.45, 7) is 2.66. The van der Waals surface area contributed by atoms with E-state index in [1.54, 1.807) is 7.11 Å². The Kier molecular flexibility index (Phi) is 4.13. The molecule has 0 spiro atoms. The Morgan fingerprint density at radius 2 is 2.23 bits per heavy atom. The van der Waals surface area contributed by atoms with E-state index >= 15 is 0 Å². The molecule has 1 aliphatic heterocycles.